The number of carboxylic acid groups (broad SMARTS) is 1. The Morgan fingerprint density at radius 1 is 0.879 bits per heavy atom. The molecule has 0 aliphatic carbocycles. The smallest absolute Gasteiger partial charge is 0.352 e. The highest BCUT2D eigenvalue weighted by atomic mass is 16.5. The monoisotopic (exact) mass is 438 g/mol. The van der Waals surface area contributed by atoms with Crippen molar-refractivity contribution in [2.45, 2.75) is 20.0 Å². The zero-order chi connectivity index (χ0) is 22.9. The first-order valence-corrected chi connectivity index (χ1v) is 10.7. The second kappa shape index (κ2) is 8.31. The van der Waals surface area contributed by atoms with Crippen LogP contribution in [0.5, 0.6) is 17.2 Å². The predicted molar refractivity (Wildman–Crippen MR) is 128 cm³/mol. The number of carbonyl (C=O) groups is 1. The SMILES string of the molecule is CC(C)Oc1ccc(-n2c(C(=O)O)cc3cc(Oc4cnc5ccccc5c4)ccc32)cc1. The van der Waals surface area contributed by atoms with Crippen LogP contribution in [0.4, 0.5) is 0 Å². The van der Waals surface area contributed by atoms with E-state index in [2.05, 4.69) is 4.98 Å². The molecule has 0 spiro atoms. The molecule has 0 unspecified atom stereocenters. The van der Waals surface area contributed by atoms with E-state index in [-0.39, 0.29) is 11.8 Å². The first kappa shape index (κ1) is 20.6. The van der Waals surface area contributed by atoms with Gasteiger partial charge in [0.25, 0.3) is 0 Å². The third-order valence-corrected chi connectivity index (χ3v) is 5.26. The summed E-state index contributed by atoms with van der Waals surface area (Å²) < 4.78 is 13.5. The van der Waals surface area contributed by atoms with Crippen molar-refractivity contribution in [2.75, 3.05) is 0 Å². The Balaban J connectivity index is 1.51. The normalized spacial score (nSPS) is 11.2. The number of hydrogen-bond acceptors (Lipinski definition) is 4. The number of aromatic nitrogens is 2. The first-order valence-electron chi connectivity index (χ1n) is 10.7. The molecule has 0 aliphatic heterocycles. The summed E-state index contributed by atoms with van der Waals surface area (Å²) in [6.45, 7) is 3.92. The molecule has 0 saturated carbocycles. The fourth-order valence-electron chi connectivity index (χ4n) is 3.88. The first-order chi connectivity index (χ1) is 16.0. The van der Waals surface area contributed by atoms with Gasteiger partial charge in [-0.15, -0.1) is 0 Å². The number of hydrogen-bond donors (Lipinski definition) is 1. The van der Waals surface area contributed by atoms with Gasteiger partial charge in [0, 0.05) is 16.5 Å². The third kappa shape index (κ3) is 4.11. The van der Waals surface area contributed by atoms with Crippen molar-refractivity contribution in [3.8, 4) is 22.9 Å². The Hall–Kier alpha value is -4.32. The predicted octanol–water partition coefficient (Wildman–Crippen LogP) is 6.46. The van der Waals surface area contributed by atoms with E-state index < -0.39 is 5.97 Å². The summed E-state index contributed by atoms with van der Waals surface area (Å²) in [5.41, 5.74) is 2.58. The summed E-state index contributed by atoms with van der Waals surface area (Å²) >= 11 is 0. The van der Waals surface area contributed by atoms with E-state index in [1.54, 1.807) is 16.8 Å². The molecule has 0 atom stereocenters. The Kier molecular flexibility index (Phi) is 5.18. The van der Waals surface area contributed by atoms with Gasteiger partial charge in [0.05, 0.1) is 23.3 Å². The van der Waals surface area contributed by atoms with Crippen LogP contribution in [0.3, 0.4) is 0 Å². The summed E-state index contributed by atoms with van der Waals surface area (Å²) in [4.78, 5) is 16.4. The summed E-state index contributed by atoms with van der Waals surface area (Å²) in [6.07, 6.45) is 1.75. The molecule has 6 heteroatoms. The van der Waals surface area contributed by atoms with Crippen molar-refractivity contribution < 1.29 is 19.4 Å². The number of nitrogens with zero attached hydrogens (tertiary/aromatic N) is 2. The lowest BCUT2D eigenvalue weighted by molar-refractivity contribution is 0.0688. The minimum atomic E-state index is -1.00. The molecule has 0 fully saturated rings. The number of fused-ring (bicyclic) bond motifs is 2. The maximum absolute atomic E-state index is 12.0. The largest absolute Gasteiger partial charge is 0.491 e. The van der Waals surface area contributed by atoms with Crippen LogP contribution < -0.4 is 9.47 Å². The van der Waals surface area contributed by atoms with Crippen LogP contribution in [0.2, 0.25) is 0 Å². The number of ether oxygens (including phenoxy) is 2. The van der Waals surface area contributed by atoms with Gasteiger partial charge in [-0.05, 0) is 74.5 Å². The van der Waals surface area contributed by atoms with Gasteiger partial charge in [-0.25, -0.2) is 4.79 Å². The maximum atomic E-state index is 12.0. The standard InChI is InChI=1S/C27H22N2O4/c1-17(2)32-21-9-7-20(8-10-21)29-25-12-11-22(14-19(25)15-26(29)27(30)31)33-23-13-18-5-3-4-6-24(18)28-16-23/h3-17H,1-2H3,(H,30,31). The van der Waals surface area contributed by atoms with Gasteiger partial charge in [0.2, 0.25) is 0 Å². The minimum absolute atomic E-state index is 0.0639. The number of pyridine rings is 1. The van der Waals surface area contributed by atoms with E-state index in [9.17, 15) is 9.90 Å². The number of rotatable bonds is 6. The molecular weight excluding hydrogens is 416 g/mol. The Bertz CT molecular complexity index is 1470. The average Bonchev–Trinajstić information content (AvgIpc) is 3.18. The highest BCUT2D eigenvalue weighted by molar-refractivity contribution is 5.96. The van der Waals surface area contributed by atoms with Crippen LogP contribution in [0.1, 0.15) is 24.3 Å². The van der Waals surface area contributed by atoms with E-state index in [1.165, 1.54) is 0 Å². The molecule has 2 aromatic heterocycles. The highest BCUT2D eigenvalue weighted by Crippen LogP contribution is 2.31. The molecule has 0 bridgehead atoms. The van der Waals surface area contributed by atoms with Crippen molar-refractivity contribution in [1.82, 2.24) is 9.55 Å². The lowest BCUT2D eigenvalue weighted by Crippen LogP contribution is -2.07. The number of para-hydroxylation sites is 1. The molecule has 33 heavy (non-hydrogen) atoms. The fraction of sp³-hybridized carbons (Fsp3) is 0.111. The Morgan fingerprint density at radius 3 is 2.36 bits per heavy atom. The zero-order valence-corrected chi connectivity index (χ0v) is 18.2. The van der Waals surface area contributed by atoms with Crippen molar-refractivity contribution in [3.63, 3.8) is 0 Å². The van der Waals surface area contributed by atoms with Crippen molar-refractivity contribution in [1.29, 1.82) is 0 Å². The van der Waals surface area contributed by atoms with E-state index >= 15 is 0 Å². The lowest BCUT2D eigenvalue weighted by atomic mass is 10.2. The van der Waals surface area contributed by atoms with E-state index in [4.69, 9.17) is 9.47 Å². The van der Waals surface area contributed by atoms with Crippen LogP contribution in [-0.4, -0.2) is 26.7 Å². The van der Waals surface area contributed by atoms with E-state index in [1.807, 2.05) is 86.6 Å². The summed E-state index contributed by atoms with van der Waals surface area (Å²) in [5, 5.41) is 11.6. The van der Waals surface area contributed by atoms with Crippen molar-refractivity contribution in [2.24, 2.45) is 0 Å². The molecule has 0 aliphatic rings. The number of carboxylic acids is 1. The van der Waals surface area contributed by atoms with Gasteiger partial charge in [0.15, 0.2) is 0 Å². The van der Waals surface area contributed by atoms with Crippen molar-refractivity contribution in [3.05, 3.63) is 90.8 Å². The lowest BCUT2D eigenvalue weighted by Gasteiger charge is -2.12. The Morgan fingerprint density at radius 2 is 1.61 bits per heavy atom. The Labute approximate surface area is 190 Å². The average molecular weight is 438 g/mol. The molecule has 5 rings (SSSR count). The zero-order valence-electron chi connectivity index (χ0n) is 18.2. The van der Waals surface area contributed by atoms with E-state index in [0.717, 1.165) is 33.2 Å². The van der Waals surface area contributed by atoms with Gasteiger partial charge in [-0.2, -0.15) is 0 Å². The third-order valence-electron chi connectivity index (χ3n) is 5.26. The highest BCUT2D eigenvalue weighted by Gasteiger charge is 2.17. The molecule has 2 heterocycles. The molecule has 0 radical (unpaired) electrons. The van der Waals surface area contributed by atoms with Gasteiger partial charge < -0.3 is 19.1 Å². The van der Waals surface area contributed by atoms with Crippen LogP contribution in [-0.2, 0) is 0 Å². The van der Waals surface area contributed by atoms with Crippen LogP contribution >= 0.6 is 0 Å². The second-order valence-electron chi connectivity index (χ2n) is 8.02. The van der Waals surface area contributed by atoms with Gasteiger partial charge >= 0.3 is 5.97 Å². The maximum Gasteiger partial charge on any atom is 0.352 e. The second-order valence-corrected chi connectivity index (χ2v) is 8.02. The molecule has 0 amide bonds. The van der Waals surface area contributed by atoms with Gasteiger partial charge in [-0.3, -0.25) is 4.98 Å². The van der Waals surface area contributed by atoms with Crippen molar-refractivity contribution >= 4 is 27.8 Å². The molecule has 1 N–H and O–H groups in total. The molecule has 164 valence electrons. The van der Waals surface area contributed by atoms with Gasteiger partial charge in [-0.1, -0.05) is 18.2 Å². The molecule has 0 saturated heterocycles. The minimum Gasteiger partial charge on any atom is -0.491 e. The quantitative estimate of drug-likeness (QED) is 0.329. The topological polar surface area (TPSA) is 73.6 Å². The molecule has 6 nitrogen and oxygen atoms in total. The van der Waals surface area contributed by atoms with Crippen LogP contribution in [0.25, 0.3) is 27.5 Å². The summed E-state index contributed by atoms with van der Waals surface area (Å²) in [6, 6.07) is 24.3. The number of benzene rings is 3. The van der Waals surface area contributed by atoms with Crippen LogP contribution in [0, 0.1) is 0 Å². The van der Waals surface area contributed by atoms with E-state index in [0.29, 0.717) is 11.5 Å². The number of aromatic carboxylic acids is 1. The fourth-order valence-corrected chi connectivity index (χ4v) is 3.88. The molecule has 3 aromatic carbocycles. The molecular formula is C27H22N2O4. The summed E-state index contributed by atoms with van der Waals surface area (Å²) in [5.74, 6) is 0.956. The van der Waals surface area contributed by atoms with Crippen LogP contribution in [0.15, 0.2) is 85.1 Å². The van der Waals surface area contributed by atoms with Gasteiger partial charge in [0.1, 0.15) is 22.9 Å². The summed E-state index contributed by atoms with van der Waals surface area (Å²) in [7, 11) is 0. The molecule has 5 aromatic rings.